The summed E-state index contributed by atoms with van der Waals surface area (Å²) < 4.78 is 24.2. The summed E-state index contributed by atoms with van der Waals surface area (Å²) in [6.45, 7) is 0. The molecule has 98 valence electrons. The second-order valence-electron chi connectivity index (χ2n) is 4.31. The van der Waals surface area contributed by atoms with Gasteiger partial charge in [0.15, 0.2) is 11.5 Å². The summed E-state index contributed by atoms with van der Waals surface area (Å²) in [5, 5.41) is 8.88. The Morgan fingerprint density at radius 3 is 2.56 bits per heavy atom. The van der Waals surface area contributed by atoms with Gasteiger partial charge in [-0.05, 0) is 25.7 Å². The van der Waals surface area contributed by atoms with E-state index in [0.29, 0.717) is 5.75 Å². The van der Waals surface area contributed by atoms with Crippen LogP contribution >= 0.6 is 0 Å². The Labute approximate surface area is 104 Å². The zero-order valence-electron chi connectivity index (χ0n) is 10.1. The molecule has 0 aromatic heterocycles. The predicted octanol–water partition coefficient (Wildman–Crippen LogP) is 2.85. The zero-order chi connectivity index (χ0) is 13.1. The molecular formula is C13H15FO4. The Kier molecular flexibility index (Phi) is 3.69. The van der Waals surface area contributed by atoms with Crippen molar-refractivity contribution < 1.29 is 23.8 Å². The Bertz CT molecular complexity index is 453. The van der Waals surface area contributed by atoms with Gasteiger partial charge >= 0.3 is 5.97 Å². The number of hydrogen-bond acceptors (Lipinski definition) is 3. The number of carbonyl (C=O) groups is 1. The van der Waals surface area contributed by atoms with E-state index in [4.69, 9.17) is 14.6 Å². The molecule has 0 radical (unpaired) electrons. The minimum atomic E-state index is -1.31. The molecule has 0 bridgehead atoms. The average Bonchev–Trinajstić information content (AvgIpc) is 2.83. The van der Waals surface area contributed by atoms with Crippen LogP contribution in [0.1, 0.15) is 36.0 Å². The van der Waals surface area contributed by atoms with E-state index in [1.165, 1.54) is 13.2 Å². The molecule has 1 aromatic carbocycles. The maximum absolute atomic E-state index is 13.5. The third kappa shape index (κ3) is 2.55. The summed E-state index contributed by atoms with van der Waals surface area (Å²) in [6.07, 6.45) is 4.12. The molecular weight excluding hydrogens is 239 g/mol. The highest BCUT2D eigenvalue weighted by atomic mass is 19.1. The molecule has 0 unspecified atom stereocenters. The van der Waals surface area contributed by atoms with Crippen molar-refractivity contribution in [1.82, 2.24) is 0 Å². The van der Waals surface area contributed by atoms with Crippen molar-refractivity contribution >= 4 is 5.97 Å². The van der Waals surface area contributed by atoms with Crippen LogP contribution in [0.2, 0.25) is 0 Å². The maximum atomic E-state index is 13.5. The Morgan fingerprint density at radius 1 is 1.33 bits per heavy atom. The normalized spacial score (nSPS) is 15.7. The van der Waals surface area contributed by atoms with Gasteiger partial charge in [-0.1, -0.05) is 0 Å². The summed E-state index contributed by atoms with van der Waals surface area (Å²) in [5.41, 5.74) is -0.399. The second kappa shape index (κ2) is 5.25. The largest absolute Gasteiger partial charge is 0.493 e. The lowest BCUT2D eigenvalue weighted by molar-refractivity contribution is 0.0690. The zero-order valence-corrected chi connectivity index (χ0v) is 10.1. The third-order valence-electron chi connectivity index (χ3n) is 3.08. The maximum Gasteiger partial charge on any atom is 0.338 e. The Balaban J connectivity index is 2.30. The van der Waals surface area contributed by atoms with E-state index in [1.54, 1.807) is 0 Å². The Morgan fingerprint density at radius 2 is 2.00 bits per heavy atom. The van der Waals surface area contributed by atoms with Crippen molar-refractivity contribution in [2.24, 2.45) is 0 Å². The minimum Gasteiger partial charge on any atom is -0.493 e. The number of carboxylic acids is 1. The van der Waals surface area contributed by atoms with Crippen LogP contribution in [0.5, 0.6) is 11.5 Å². The van der Waals surface area contributed by atoms with E-state index in [9.17, 15) is 9.18 Å². The first kappa shape index (κ1) is 12.7. The lowest BCUT2D eigenvalue weighted by Gasteiger charge is -2.16. The SMILES string of the molecule is COc1cc(F)c(C(=O)O)cc1OC1CCCC1. The molecule has 0 spiro atoms. The number of rotatable bonds is 4. The molecule has 1 N–H and O–H groups in total. The number of methoxy groups -OCH3 is 1. The number of aromatic carboxylic acids is 1. The molecule has 1 aliphatic rings. The molecule has 1 saturated carbocycles. The number of halogens is 1. The molecule has 1 fully saturated rings. The number of benzene rings is 1. The first-order valence-electron chi connectivity index (χ1n) is 5.89. The lowest BCUT2D eigenvalue weighted by Crippen LogP contribution is -2.13. The molecule has 0 atom stereocenters. The van der Waals surface area contributed by atoms with E-state index in [0.717, 1.165) is 31.7 Å². The van der Waals surface area contributed by atoms with Gasteiger partial charge in [-0.3, -0.25) is 0 Å². The lowest BCUT2D eigenvalue weighted by atomic mass is 10.2. The molecule has 0 saturated heterocycles. The van der Waals surface area contributed by atoms with Gasteiger partial charge in [0.2, 0.25) is 0 Å². The van der Waals surface area contributed by atoms with Crippen molar-refractivity contribution in [3.8, 4) is 11.5 Å². The number of hydrogen-bond donors (Lipinski definition) is 1. The van der Waals surface area contributed by atoms with Crippen LogP contribution in [-0.4, -0.2) is 24.3 Å². The van der Waals surface area contributed by atoms with Gasteiger partial charge in [0.1, 0.15) is 5.82 Å². The summed E-state index contributed by atoms with van der Waals surface area (Å²) in [5.74, 6) is -1.61. The highest BCUT2D eigenvalue weighted by Gasteiger charge is 2.21. The first-order chi connectivity index (χ1) is 8.61. The van der Waals surface area contributed by atoms with E-state index in [-0.39, 0.29) is 11.9 Å². The van der Waals surface area contributed by atoms with Crippen LogP contribution in [-0.2, 0) is 0 Å². The summed E-state index contributed by atoms with van der Waals surface area (Å²) in [6, 6.07) is 2.24. The fourth-order valence-electron chi connectivity index (χ4n) is 2.14. The van der Waals surface area contributed by atoms with Crippen molar-refractivity contribution in [2.75, 3.05) is 7.11 Å². The van der Waals surface area contributed by atoms with Crippen LogP contribution in [0, 0.1) is 5.82 Å². The second-order valence-corrected chi connectivity index (χ2v) is 4.31. The van der Waals surface area contributed by atoms with Gasteiger partial charge in [0.05, 0.1) is 18.8 Å². The summed E-state index contributed by atoms with van der Waals surface area (Å²) in [7, 11) is 1.40. The standard InChI is InChI=1S/C13H15FO4/c1-17-11-7-10(14)9(13(15)16)6-12(11)18-8-4-2-3-5-8/h6-8H,2-5H2,1H3,(H,15,16). The smallest absolute Gasteiger partial charge is 0.338 e. The van der Waals surface area contributed by atoms with E-state index < -0.39 is 17.3 Å². The van der Waals surface area contributed by atoms with Gasteiger partial charge in [0, 0.05) is 12.1 Å². The fourth-order valence-corrected chi connectivity index (χ4v) is 2.14. The van der Waals surface area contributed by atoms with Crippen LogP contribution in [0.25, 0.3) is 0 Å². The highest BCUT2D eigenvalue weighted by Crippen LogP contribution is 2.33. The van der Waals surface area contributed by atoms with Crippen molar-refractivity contribution in [3.05, 3.63) is 23.5 Å². The quantitative estimate of drug-likeness (QED) is 0.897. The molecule has 18 heavy (non-hydrogen) atoms. The fraction of sp³-hybridized carbons (Fsp3) is 0.462. The van der Waals surface area contributed by atoms with Gasteiger partial charge in [-0.15, -0.1) is 0 Å². The van der Waals surface area contributed by atoms with E-state index in [1.807, 2.05) is 0 Å². The molecule has 4 nitrogen and oxygen atoms in total. The van der Waals surface area contributed by atoms with Crippen LogP contribution in [0.4, 0.5) is 4.39 Å². The van der Waals surface area contributed by atoms with E-state index >= 15 is 0 Å². The third-order valence-corrected chi connectivity index (χ3v) is 3.08. The topological polar surface area (TPSA) is 55.8 Å². The molecule has 0 heterocycles. The monoisotopic (exact) mass is 254 g/mol. The Hall–Kier alpha value is -1.78. The number of ether oxygens (including phenoxy) is 2. The highest BCUT2D eigenvalue weighted by molar-refractivity contribution is 5.88. The molecule has 0 aliphatic heterocycles. The van der Waals surface area contributed by atoms with Crippen molar-refractivity contribution in [3.63, 3.8) is 0 Å². The predicted molar refractivity (Wildman–Crippen MR) is 62.8 cm³/mol. The summed E-state index contributed by atoms with van der Waals surface area (Å²) in [4.78, 5) is 10.9. The van der Waals surface area contributed by atoms with Gasteiger partial charge in [-0.2, -0.15) is 0 Å². The summed E-state index contributed by atoms with van der Waals surface area (Å²) >= 11 is 0. The van der Waals surface area contributed by atoms with Gasteiger partial charge < -0.3 is 14.6 Å². The van der Waals surface area contributed by atoms with Gasteiger partial charge in [0.25, 0.3) is 0 Å². The minimum absolute atomic E-state index is 0.0611. The van der Waals surface area contributed by atoms with Crippen LogP contribution < -0.4 is 9.47 Å². The van der Waals surface area contributed by atoms with Gasteiger partial charge in [-0.25, -0.2) is 9.18 Å². The first-order valence-corrected chi connectivity index (χ1v) is 5.89. The number of carboxylic acid groups (broad SMARTS) is 1. The van der Waals surface area contributed by atoms with E-state index in [2.05, 4.69) is 0 Å². The molecule has 0 amide bonds. The average molecular weight is 254 g/mol. The molecule has 1 aliphatic carbocycles. The molecule has 1 aromatic rings. The molecule has 5 heteroatoms. The molecule has 2 rings (SSSR count). The van der Waals surface area contributed by atoms with Crippen LogP contribution in [0.15, 0.2) is 12.1 Å². The van der Waals surface area contributed by atoms with Crippen molar-refractivity contribution in [1.29, 1.82) is 0 Å². The van der Waals surface area contributed by atoms with Crippen LogP contribution in [0.3, 0.4) is 0 Å². The van der Waals surface area contributed by atoms with Crippen molar-refractivity contribution in [2.45, 2.75) is 31.8 Å².